The molecule has 39 heavy (non-hydrogen) atoms. The standard InChI is InChI=1S/C31H49NO7/c1-18-27(34)30(4,35)16-25(39-18)32(37-5)21-8-11-28(2)20(15-21)6-7-24-23(28)9-12-29(3)22(10-13-31(24,29)36)19-14-26(33)38-17-19/h14,18,20-25,27,34-36H,6-13,15-17H2,1-5H3/t18-,20?,21+,22+,23?,24?,25?,27-,28-,29+,30+,31-/m0/s1. The van der Waals surface area contributed by atoms with Gasteiger partial charge in [-0.1, -0.05) is 13.8 Å². The lowest BCUT2D eigenvalue weighted by Crippen LogP contribution is -2.63. The summed E-state index contributed by atoms with van der Waals surface area (Å²) in [6.07, 6.45) is 9.24. The molecule has 0 radical (unpaired) electrons. The number of hydrogen-bond acceptors (Lipinski definition) is 8. The molecule has 8 heteroatoms. The van der Waals surface area contributed by atoms with E-state index in [0.717, 1.165) is 63.4 Å². The van der Waals surface area contributed by atoms with Gasteiger partial charge in [-0.3, -0.25) is 4.84 Å². The van der Waals surface area contributed by atoms with E-state index in [1.165, 1.54) is 0 Å². The second kappa shape index (κ2) is 9.50. The summed E-state index contributed by atoms with van der Waals surface area (Å²) in [6, 6.07) is 0.188. The summed E-state index contributed by atoms with van der Waals surface area (Å²) in [5, 5.41) is 35.7. The van der Waals surface area contributed by atoms with Crippen molar-refractivity contribution in [1.29, 1.82) is 0 Å². The Bertz CT molecular complexity index is 1010. The molecule has 0 spiro atoms. The molecule has 0 aromatic heterocycles. The van der Waals surface area contributed by atoms with Crippen LogP contribution in [-0.2, 0) is 19.1 Å². The minimum absolute atomic E-state index is 0.169. The fourth-order valence-electron chi connectivity index (χ4n) is 10.6. The van der Waals surface area contributed by atoms with Crippen LogP contribution in [-0.4, -0.2) is 75.7 Å². The second-order valence-corrected chi connectivity index (χ2v) is 14.6. The number of cyclic esters (lactones) is 1. The van der Waals surface area contributed by atoms with Gasteiger partial charge in [-0.15, -0.1) is 0 Å². The molecule has 12 atom stereocenters. The zero-order valence-corrected chi connectivity index (χ0v) is 24.4. The molecule has 0 aromatic carbocycles. The van der Waals surface area contributed by atoms with Gasteiger partial charge in [0.05, 0.1) is 24.4 Å². The molecule has 4 saturated carbocycles. The van der Waals surface area contributed by atoms with Crippen LogP contribution in [0.3, 0.4) is 0 Å². The molecule has 0 amide bonds. The number of aliphatic hydroxyl groups excluding tert-OH is 1. The molecule has 6 aliphatic rings. The highest BCUT2D eigenvalue weighted by molar-refractivity contribution is 5.85. The third-order valence-corrected chi connectivity index (χ3v) is 12.9. The smallest absolute Gasteiger partial charge is 0.331 e. The number of nitrogens with zero attached hydrogens (tertiary/aromatic N) is 1. The maximum absolute atomic E-state index is 12.5. The number of esters is 1. The number of hydrogen-bond donors (Lipinski definition) is 3. The Hall–Kier alpha value is -1.03. The summed E-state index contributed by atoms with van der Waals surface area (Å²) in [6.45, 7) is 8.63. The van der Waals surface area contributed by atoms with Crippen LogP contribution >= 0.6 is 0 Å². The molecule has 5 fully saturated rings. The van der Waals surface area contributed by atoms with E-state index >= 15 is 0 Å². The third kappa shape index (κ3) is 4.10. The number of carbonyl (C=O) groups is 1. The largest absolute Gasteiger partial charge is 0.458 e. The fraction of sp³-hybridized carbons (Fsp3) is 0.903. The molecule has 0 bridgehead atoms. The van der Waals surface area contributed by atoms with Crippen molar-refractivity contribution in [2.45, 2.75) is 128 Å². The van der Waals surface area contributed by atoms with Gasteiger partial charge in [-0.05, 0) is 106 Å². The van der Waals surface area contributed by atoms with E-state index < -0.39 is 29.6 Å². The van der Waals surface area contributed by atoms with Crippen LogP contribution in [0.25, 0.3) is 0 Å². The maximum atomic E-state index is 12.5. The van der Waals surface area contributed by atoms with Gasteiger partial charge in [-0.25, -0.2) is 4.79 Å². The van der Waals surface area contributed by atoms with Crippen molar-refractivity contribution < 1.29 is 34.4 Å². The predicted molar refractivity (Wildman–Crippen MR) is 144 cm³/mol. The van der Waals surface area contributed by atoms with Gasteiger partial charge in [-0.2, -0.15) is 5.06 Å². The zero-order valence-electron chi connectivity index (χ0n) is 24.4. The summed E-state index contributed by atoms with van der Waals surface area (Å²) in [4.78, 5) is 17.8. The SMILES string of the molecule is CON(C1C[C@@](C)(O)[C@@H](O)[C@H](C)O1)[C@@H]1CC[C@@]2(C)C(CCC3C2CC[C@]2(C)[C@@H](C4=CC(=O)OC4)CC[C@]32O)C1. The maximum Gasteiger partial charge on any atom is 0.331 e. The van der Waals surface area contributed by atoms with E-state index in [9.17, 15) is 20.1 Å². The summed E-state index contributed by atoms with van der Waals surface area (Å²) in [5.41, 5.74) is -0.880. The van der Waals surface area contributed by atoms with Gasteiger partial charge in [0.15, 0.2) is 0 Å². The Morgan fingerprint density at radius 3 is 2.46 bits per heavy atom. The Kier molecular flexibility index (Phi) is 6.84. The molecule has 4 unspecified atom stereocenters. The van der Waals surface area contributed by atoms with Crippen molar-refractivity contribution in [3.63, 3.8) is 0 Å². The van der Waals surface area contributed by atoms with Crippen LogP contribution in [0, 0.1) is 34.5 Å². The molecular formula is C31H49NO7. The average Bonchev–Trinajstić information content (AvgIpc) is 3.42. The summed E-state index contributed by atoms with van der Waals surface area (Å²) in [7, 11) is 1.69. The van der Waals surface area contributed by atoms with Crippen molar-refractivity contribution in [3.8, 4) is 0 Å². The highest BCUT2D eigenvalue weighted by atomic mass is 16.7. The van der Waals surface area contributed by atoms with Gasteiger partial charge in [0.25, 0.3) is 0 Å². The highest BCUT2D eigenvalue weighted by Crippen LogP contribution is 2.70. The quantitative estimate of drug-likeness (QED) is 0.361. The van der Waals surface area contributed by atoms with Crippen LogP contribution in [0.1, 0.15) is 91.9 Å². The van der Waals surface area contributed by atoms with Crippen molar-refractivity contribution >= 4 is 5.97 Å². The van der Waals surface area contributed by atoms with E-state index in [1.54, 1.807) is 20.1 Å². The first-order chi connectivity index (χ1) is 18.3. The summed E-state index contributed by atoms with van der Waals surface area (Å²) >= 11 is 0. The number of carbonyl (C=O) groups excluding carboxylic acids is 1. The van der Waals surface area contributed by atoms with Crippen molar-refractivity contribution in [1.82, 2.24) is 5.06 Å². The fourth-order valence-corrected chi connectivity index (χ4v) is 10.6. The summed E-state index contributed by atoms with van der Waals surface area (Å²) in [5.74, 6) is 1.30. The third-order valence-electron chi connectivity index (χ3n) is 12.9. The summed E-state index contributed by atoms with van der Waals surface area (Å²) < 4.78 is 11.4. The molecule has 4 aliphatic carbocycles. The number of hydroxylamine groups is 2. The lowest BCUT2D eigenvalue weighted by molar-refractivity contribution is -0.324. The molecule has 3 N–H and O–H groups in total. The van der Waals surface area contributed by atoms with Crippen LogP contribution in [0.5, 0.6) is 0 Å². The zero-order chi connectivity index (χ0) is 28.0. The van der Waals surface area contributed by atoms with Gasteiger partial charge in [0.2, 0.25) is 0 Å². The van der Waals surface area contributed by atoms with Crippen molar-refractivity contribution in [2.24, 2.45) is 34.5 Å². The van der Waals surface area contributed by atoms with E-state index in [0.29, 0.717) is 24.9 Å². The minimum atomic E-state index is -1.22. The number of fused-ring (bicyclic) bond motifs is 5. The van der Waals surface area contributed by atoms with Crippen molar-refractivity contribution in [2.75, 3.05) is 13.7 Å². The lowest BCUT2D eigenvalue weighted by atomic mass is 9.43. The molecule has 8 nitrogen and oxygen atoms in total. The van der Waals surface area contributed by atoms with E-state index in [-0.39, 0.29) is 34.7 Å². The van der Waals surface area contributed by atoms with Crippen LogP contribution in [0.4, 0.5) is 0 Å². The van der Waals surface area contributed by atoms with Crippen LogP contribution < -0.4 is 0 Å². The lowest BCUT2D eigenvalue weighted by Gasteiger charge is -2.64. The predicted octanol–water partition coefficient (Wildman–Crippen LogP) is 3.72. The molecule has 6 rings (SSSR count). The van der Waals surface area contributed by atoms with Crippen LogP contribution in [0.2, 0.25) is 0 Å². The second-order valence-electron chi connectivity index (χ2n) is 14.6. The minimum Gasteiger partial charge on any atom is -0.458 e. The van der Waals surface area contributed by atoms with Crippen molar-refractivity contribution in [3.05, 3.63) is 11.6 Å². The Balaban J connectivity index is 1.19. The van der Waals surface area contributed by atoms with E-state index in [2.05, 4.69) is 13.8 Å². The Morgan fingerprint density at radius 2 is 1.79 bits per heavy atom. The monoisotopic (exact) mass is 547 g/mol. The highest BCUT2D eigenvalue weighted by Gasteiger charge is 2.68. The van der Waals surface area contributed by atoms with Gasteiger partial charge < -0.3 is 24.8 Å². The molecule has 2 aliphatic heterocycles. The normalized spacial score (nSPS) is 53.6. The topological polar surface area (TPSA) is 109 Å². The Morgan fingerprint density at radius 1 is 1.03 bits per heavy atom. The van der Waals surface area contributed by atoms with Gasteiger partial charge >= 0.3 is 5.97 Å². The average molecular weight is 548 g/mol. The molecule has 1 saturated heterocycles. The van der Waals surface area contributed by atoms with E-state index in [4.69, 9.17) is 14.3 Å². The molecule has 220 valence electrons. The van der Waals surface area contributed by atoms with Crippen LogP contribution in [0.15, 0.2) is 11.6 Å². The first kappa shape index (κ1) is 28.1. The van der Waals surface area contributed by atoms with Gasteiger partial charge in [0, 0.05) is 24.0 Å². The number of ether oxygens (including phenoxy) is 2. The molecular weight excluding hydrogens is 498 g/mol. The molecule has 0 aromatic rings. The number of aliphatic hydroxyl groups is 3. The van der Waals surface area contributed by atoms with E-state index in [1.807, 2.05) is 12.0 Å². The van der Waals surface area contributed by atoms with Gasteiger partial charge in [0.1, 0.15) is 18.9 Å². The first-order valence-electron chi connectivity index (χ1n) is 15.3. The Labute approximate surface area is 233 Å². The molecule has 2 heterocycles. The number of rotatable bonds is 4. The first-order valence-corrected chi connectivity index (χ1v) is 15.3.